The molecule has 0 aliphatic carbocycles. The standard InChI is InChI=1S/C16H30O2SSi/c1-16(2,3)20(4,5)18-9-8-15(17)12-10-13-6-7-14(11-12)19-13/h12-14H,6-11H2,1-5H3. The van der Waals surface area contributed by atoms with Crippen LogP contribution < -0.4 is 0 Å². The highest BCUT2D eigenvalue weighted by Crippen LogP contribution is 2.46. The monoisotopic (exact) mass is 314 g/mol. The van der Waals surface area contributed by atoms with Gasteiger partial charge in [-0.25, -0.2) is 0 Å². The van der Waals surface area contributed by atoms with E-state index in [-0.39, 0.29) is 5.04 Å². The molecule has 2 unspecified atom stereocenters. The van der Waals surface area contributed by atoms with Gasteiger partial charge in [0.05, 0.1) is 0 Å². The molecule has 2 rings (SSSR count). The summed E-state index contributed by atoms with van der Waals surface area (Å²) in [6.45, 7) is 11.9. The predicted molar refractivity (Wildman–Crippen MR) is 89.9 cm³/mol. The van der Waals surface area contributed by atoms with E-state index in [1.807, 2.05) is 0 Å². The number of ketones is 1. The Morgan fingerprint density at radius 1 is 1.20 bits per heavy atom. The normalized spacial score (nSPS) is 30.6. The molecule has 2 bridgehead atoms. The Bertz CT molecular complexity index is 350. The first-order chi connectivity index (χ1) is 9.19. The molecule has 2 fully saturated rings. The van der Waals surface area contributed by atoms with E-state index in [4.69, 9.17) is 4.43 Å². The van der Waals surface area contributed by atoms with Crippen LogP contribution in [0.5, 0.6) is 0 Å². The molecule has 2 nitrogen and oxygen atoms in total. The summed E-state index contributed by atoms with van der Waals surface area (Å²) in [5.41, 5.74) is 0. The Hall–Kier alpha value is 0.197. The van der Waals surface area contributed by atoms with E-state index >= 15 is 0 Å². The Labute approximate surface area is 129 Å². The van der Waals surface area contributed by atoms with Gasteiger partial charge in [-0.1, -0.05) is 20.8 Å². The maximum Gasteiger partial charge on any atom is 0.191 e. The number of fused-ring (bicyclic) bond motifs is 2. The van der Waals surface area contributed by atoms with Gasteiger partial charge in [-0.2, -0.15) is 11.8 Å². The van der Waals surface area contributed by atoms with Crippen molar-refractivity contribution in [3.8, 4) is 0 Å². The first-order valence-electron chi connectivity index (χ1n) is 8.01. The lowest BCUT2D eigenvalue weighted by molar-refractivity contribution is -0.123. The third-order valence-corrected chi connectivity index (χ3v) is 11.5. The molecule has 0 aromatic rings. The van der Waals surface area contributed by atoms with Crippen LogP contribution in [0.3, 0.4) is 0 Å². The second kappa shape index (κ2) is 6.13. The summed E-state index contributed by atoms with van der Waals surface area (Å²) in [6, 6.07) is 0. The summed E-state index contributed by atoms with van der Waals surface area (Å²) >= 11 is 2.13. The van der Waals surface area contributed by atoms with E-state index < -0.39 is 8.32 Å². The largest absolute Gasteiger partial charge is 0.416 e. The van der Waals surface area contributed by atoms with E-state index in [2.05, 4.69) is 45.6 Å². The third kappa shape index (κ3) is 3.89. The van der Waals surface area contributed by atoms with Crippen molar-refractivity contribution in [1.82, 2.24) is 0 Å². The van der Waals surface area contributed by atoms with Crippen molar-refractivity contribution in [3.63, 3.8) is 0 Å². The first kappa shape index (κ1) is 16.6. The smallest absolute Gasteiger partial charge is 0.191 e. The van der Waals surface area contributed by atoms with Crippen LogP contribution >= 0.6 is 11.8 Å². The number of carbonyl (C=O) groups is 1. The van der Waals surface area contributed by atoms with Gasteiger partial charge in [0.25, 0.3) is 0 Å². The highest BCUT2D eigenvalue weighted by Gasteiger charge is 2.39. The molecule has 2 aliphatic heterocycles. The summed E-state index contributed by atoms with van der Waals surface area (Å²) in [5.74, 6) is 0.790. The van der Waals surface area contributed by atoms with Gasteiger partial charge in [0.2, 0.25) is 0 Å². The molecular weight excluding hydrogens is 284 g/mol. The van der Waals surface area contributed by atoms with Crippen LogP contribution in [0, 0.1) is 5.92 Å². The fourth-order valence-electron chi connectivity index (χ4n) is 2.95. The van der Waals surface area contributed by atoms with E-state index in [9.17, 15) is 4.79 Å². The minimum Gasteiger partial charge on any atom is -0.416 e. The summed E-state index contributed by atoms with van der Waals surface area (Å²) in [5, 5.41) is 1.77. The Morgan fingerprint density at radius 3 is 2.25 bits per heavy atom. The number of thioether (sulfide) groups is 1. The predicted octanol–water partition coefficient (Wildman–Crippen LogP) is 4.64. The molecule has 4 heteroatoms. The van der Waals surface area contributed by atoms with Gasteiger partial charge in [-0.05, 0) is 43.8 Å². The average molecular weight is 315 g/mol. The van der Waals surface area contributed by atoms with Crippen molar-refractivity contribution < 1.29 is 9.22 Å². The van der Waals surface area contributed by atoms with Gasteiger partial charge in [0, 0.05) is 29.4 Å². The maximum atomic E-state index is 12.4. The minimum absolute atomic E-state index is 0.233. The molecule has 2 heterocycles. The molecule has 0 spiro atoms. The molecule has 0 N–H and O–H groups in total. The number of rotatable bonds is 5. The number of Topliss-reactive ketones (excluding diaryl/α,β-unsaturated/α-hetero) is 1. The van der Waals surface area contributed by atoms with E-state index in [1.165, 1.54) is 12.8 Å². The number of carbonyl (C=O) groups excluding carboxylic acids is 1. The molecule has 20 heavy (non-hydrogen) atoms. The summed E-state index contributed by atoms with van der Waals surface area (Å²) < 4.78 is 6.14. The molecule has 0 aromatic carbocycles. The van der Waals surface area contributed by atoms with Gasteiger partial charge >= 0.3 is 0 Å². The quantitative estimate of drug-likeness (QED) is 0.691. The average Bonchev–Trinajstić information content (AvgIpc) is 2.66. The SMILES string of the molecule is CC(C)(C)[Si](C)(C)OCCC(=O)C1CC2CCC(C1)S2. The van der Waals surface area contributed by atoms with E-state index in [1.54, 1.807) is 0 Å². The molecule has 0 saturated carbocycles. The highest BCUT2D eigenvalue weighted by atomic mass is 32.2. The van der Waals surface area contributed by atoms with Gasteiger partial charge < -0.3 is 4.43 Å². The summed E-state index contributed by atoms with van der Waals surface area (Å²) in [7, 11) is -1.69. The van der Waals surface area contributed by atoms with E-state index in [0.29, 0.717) is 24.7 Å². The third-order valence-electron chi connectivity index (χ3n) is 5.36. The summed E-state index contributed by atoms with van der Waals surface area (Å²) in [4.78, 5) is 12.4. The fraction of sp³-hybridized carbons (Fsp3) is 0.938. The molecule has 2 saturated heterocycles. The van der Waals surface area contributed by atoms with Crippen LogP contribution in [0.4, 0.5) is 0 Å². The lowest BCUT2D eigenvalue weighted by atomic mass is 9.93. The highest BCUT2D eigenvalue weighted by molar-refractivity contribution is 8.00. The zero-order valence-corrected chi connectivity index (χ0v) is 15.5. The van der Waals surface area contributed by atoms with Gasteiger partial charge in [-0.15, -0.1) is 0 Å². The van der Waals surface area contributed by atoms with Crippen LogP contribution in [0.15, 0.2) is 0 Å². The van der Waals surface area contributed by atoms with E-state index in [0.717, 1.165) is 23.3 Å². The number of hydrogen-bond acceptors (Lipinski definition) is 3. The van der Waals surface area contributed by atoms with Gasteiger partial charge in [0.15, 0.2) is 8.32 Å². The minimum atomic E-state index is -1.69. The van der Waals surface area contributed by atoms with Crippen LogP contribution in [0.25, 0.3) is 0 Å². The molecule has 116 valence electrons. The Balaban J connectivity index is 1.76. The van der Waals surface area contributed by atoms with Crippen molar-refractivity contribution in [2.45, 2.75) is 81.5 Å². The molecular formula is C16H30O2SSi. The second-order valence-electron chi connectivity index (χ2n) is 7.95. The first-order valence-corrected chi connectivity index (χ1v) is 11.9. The summed E-state index contributed by atoms with van der Waals surface area (Å²) in [6.07, 6.45) is 5.54. The van der Waals surface area contributed by atoms with Gasteiger partial charge in [-0.3, -0.25) is 4.79 Å². The second-order valence-corrected chi connectivity index (χ2v) is 14.4. The van der Waals surface area contributed by atoms with Gasteiger partial charge in [0.1, 0.15) is 5.78 Å². The van der Waals surface area contributed by atoms with Crippen molar-refractivity contribution in [2.24, 2.45) is 5.92 Å². The fourth-order valence-corrected chi connectivity index (χ4v) is 5.77. The zero-order chi connectivity index (χ0) is 15.0. The lowest BCUT2D eigenvalue weighted by Gasteiger charge is -2.36. The Morgan fingerprint density at radius 2 is 1.75 bits per heavy atom. The van der Waals surface area contributed by atoms with Crippen molar-refractivity contribution in [1.29, 1.82) is 0 Å². The van der Waals surface area contributed by atoms with Crippen LogP contribution in [0.1, 0.15) is 52.9 Å². The number of hydrogen-bond donors (Lipinski definition) is 0. The molecule has 0 aromatic heterocycles. The lowest BCUT2D eigenvalue weighted by Crippen LogP contribution is -2.41. The van der Waals surface area contributed by atoms with Crippen LogP contribution in [0.2, 0.25) is 18.1 Å². The zero-order valence-electron chi connectivity index (χ0n) is 13.7. The van der Waals surface area contributed by atoms with Crippen LogP contribution in [-0.2, 0) is 9.22 Å². The van der Waals surface area contributed by atoms with Crippen molar-refractivity contribution in [2.75, 3.05) is 6.61 Å². The molecule has 0 amide bonds. The van der Waals surface area contributed by atoms with Crippen molar-refractivity contribution >= 4 is 25.9 Å². The molecule has 2 atom stereocenters. The maximum absolute atomic E-state index is 12.4. The van der Waals surface area contributed by atoms with Crippen LogP contribution in [-0.4, -0.2) is 31.2 Å². The van der Waals surface area contributed by atoms with Crippen molar-refractivity contribution in [3.05, 3.63) is 0 Å². The Kier molecular flexibility index (Phi) is 5.08. The molecule has 0 radical (unpaired) electrons. The molecule has 2 aliphatic rings. The topological polar surface area (TPSA) is 26.3 Å².